The molecule has 0 atom stereocenters. The Hall–Kier alpha value is -5.81. The normalized spacial score (nSPS) is 10.7. The second kappa shape index (κ2) is 11.7. The van der Waals surface area contributed by atoms with E-state index in [-0.39, 0.29) is 17.2 Å². The monoisotopic (exact) mass is 548 g/mol. The lowest BCUT2D eigenvalue weighted by Crippen LogP contribution is -2.08. The number of hydrogen-bond donors (Lipinski definition) is 2. The van der Waals surface area contributed by atoms with Gasteiger partial charge in [-0.2, -0.15) is 0 Å². The molecule has 0 bridgehead atoms. The summed E-state index contributed by atoms with van der Waals surface area (Å²) in [6.07, 6.45) is 0. The number of ether oxygens (including phenoxy) is 2. The molecule has 0 saturated heterocycles. The number of carbonyl (C=O) groups is 1. The van der Waals surface area contributed by atoms with E-state index in [2.05, 4.69) is 0 Å². The Morgan fingerprint density at radius 2 is 0.952 bits per heavy atom. The zero-order chi connectivity index (χ0) is 28.9. The maximum Gasteiger partial charge on any atom is 0.195 e. The van der Waals surface area contributed by atoms with Crippen molar-refractivity contribution in [2.45, 2.75) is 0 Å². The van der Waals surface area contributed by atoms with Gasteiger partial charge in [-0.25, -0.2) is 0 Å². The molecular formula is C37H28N2O3. The van der Waals surface area contributed by atoms with Gasteiger partial charge >= 0.3 is 0 Å². The highest BCUT2D eigenvalue weighted by atomic mass is 16.5. The summed E-state index contributed by atoms with van der Waals surface area (Å²) in [5, 5.41) is 0. The van der Waals surface area contributed by atoms with E-state index in [0.29, 0.717) is 28.4 Å². The lowest BCUT2D eigenvalue weighted by atomic mass is 10.0. The van der Waals surface area contributed by atoms with Gasteiger partial charge in [0.2, 0.25) is 0 Å². The number of nitrogens with two attached hydrogens (primary N) is 2. The third-order valence-corrected chi connectivity index (χ3v) is 7.00. The molecule has 5 heteroatoms. The summed E-state index contributed by atoms with van der Waals surface area (Å²) in [7, 11) is 0. The summed E-state index contributed by atoms with van der Waals surface area (Å²) < 4.78 is 12.4. The number of nitrogen functional groups attached to an aromatic ring is 2. The molecule has 4 N–H and O–H groups in total. The molecule has 6 aromatic rings. The topological polar surface area (TPSA) is 87.6 Å². The highest BCUT2D eigenvalue weighted by Crippen LogP contribution is 2.39. The average Bonchev–Trinajstić information content (AvgIpc) is 3.05. The molecule has 0 saturated carbocycles. The second-order valence-corrected chi connectivity index (χ2v) is 9.72. The molecule has 0 radical (unpaired) electrons. The van der Waals surface area contributed by atoms with Crippen molar-refractivity contribution in [2.75, 3.05) is 11.5 Å². The first kappa shape index (κ1) is 26.4. The summed E-state index contributed by atoms with van der Waals surface area (Å²) in [5.74, 6) is 2.12. The number of carbonyl (C=O) groups excluding carboxylic acids is 1. The molecule has 5 nitrogen and oxygen atoms in total. The van der Waals surface area contributed by atoms with Gasteiger partial charge in [0.05, 0.1) is 11.4 Å². The minimum Gasteiger partial charge on any atom is -0.457 e. The van der Waals surface area contributed by atoms with Crippen LogP contribution in [0, 0.1) is 0 Å². The van der Waals surface area contributed by atoms with Gasteiger partial charge in [0, 0.05) is 22.3 Å². The molecule has 42 heavy (non-hydrogen) atoms. The summed E-state index contributed by atoms with van der Waals surface area (Å²) in [4.78, 5) is 13.4. The van der Waals surface area contributed by atoms with E-state index in [4.69, 9.17) is 20.9 Å². The molecule has 0 aliphatic rings. The van der Waals surface area contributed by atoms with E-state index in [0.717, 1.165) is 28.0 Å². The highest BCUT2D eigenvalue weighted by Gasteiger charge is 2.18. The summed E-state index contributed by atoms with van der Waals surface area (Å²) >= 11 is 0. The fourth-order valence-corrected chi connectivity index (χ4v) is 4.80. The van der Waals surface area contributed by atoms with Gasteiger partial charge < -0.3 is 20.9 Å². The minimum atomic E-state index is -0.244. The number of para-hydroxylation sites is 2. The van der Waals surface area contributed by atoms with Crippen LogP contribution in [0.15, 0.2) is 146 Å². The molecule has 0 heterocycles. The van der Waals surface area contributed by atoms with Gasteiger partial charge in [-0.05, 0) is 59.7 Å². The number of anilines is 2. The van der Waals surface area contributed by atoms with E-state index in [9.17, 15) is 4.79 Å². The van der Waals surface area contributed by atoms with Gasteiger partial charge in [0.25, 0.3) is 0 Å². The van der Waals surface area contributed by atoms with Gasteiger partial charge in [-0.1, -0.05) is 97.1 Å². The van der Waals surface area contributed by atoms with Crippen molar-refractivity contribution in [1.82, 2.24) is 0 Å². The molecule has 204 valence electrons. The zero-order valence-electron chi connectivity index (χ0n) is 22.7. The Kier molecular flexibility index (Phi) is 7.38. The highest BCUT2D eigenvalue weighted by molar-refractivity contribution is 6.13. The van der Waals surface area contributed by atoms with Gasteiger partial charge in [-0.15, -0.1) is 0 Å². The molecule has 0 aliphatic heterocycles. The van der Waals surface area contributed by atoms with Gasteiger partial charge in [-0.3, -0.25) is 4.79 Å². The smallest absolute Gasteiger partial charge is 0.195 e. The van der Waals surface area contributed by atoms with Crippen molar-refractivity contribution in [3.8, 4) is 45.3 Å². The predicted molar refractivity (Wildman–Crippen MR) is 169 cm³/mol. The molecular weight excluding hydrogens is 520 g/mol. The molecule has 0 unspecified atom stereocenters. The minimum absolute atomic E-state index is 0.173. The Morgan fingerprint density at radius 3 is 1.52 bits per heavy atom. The van der Waals surface area contributed by atoms with Crippen LogP contribution in [0.2, 0.25) is 0 Å². The van der Waals surface area contributed by atoms with Crippen LogP contribution >= 0.6 is 0 Å². The van der Waals surface area contributed by atoms with Crippen LogP contribution in [0.25, 0.3) is 22.3 Å². The summed E-state index contributed by atoms with van der Waals surface area (Å²) in [6, 6.07) is 45.9. The summed E-state index contributed by atoms with van der Waals surface area (Å²) in [6.45, 7) is 0. The van der Waals surface area contributed by atoms with Crippen LogP contribution in [-0.2, 0) is 0 Å². The zero-order valence-corrected chi connectivity index (χ0v) is 22.7. The Morgan fingerprint density at radius 1 is 0.452 bits per heavy atom. The predicted octanol–water partition coefficient (Wildman–Crippen LogP) is 9.00. The molecule has 0 fully saturated rings. The van der Waals surface area contributed by atoms with Crippen molar-refractivity contribution >= 4 is 17.2 Å². The standard InChI is InChI=1S/C37H28N2O3/c38-35-31(23-24-34(36(35)39)42-33-18-10-8-16-30(33)26-13-5-2-6-14-26)37(40)27-19-21-28(22-20-27)41-32-17-9-7-15-29(32)25-11-3-1-4-12-25/h1-24H,38-39H2. The van der Waals surface area contributed by atoms with Crippen LogP contribution in [0.1, 0.15) is 15.9 Å². The van der Waals surface area contributed by atoms with Crippen molar-refractivity contribution < 1.29 is 14.3 Å². The number of hydrogen-bond acceptors (Lipinski definition) is 5. The maximum absolute atomic E-state index is 13.4. The van der Waals surface area contributed by atoms with Gasteiger partial charge in [0.1, 0.15) is 17.2 Å². The van der Waals surface area contributed by atoms with Gasteiger partial charge in [0.15, 0.2) is 11.5 Å². The van der Waals surface area contributed by atoms with E-state index in [1.807, 2.05) is 109 Å². The Balaban J connectivity index is 1.21. The van der Waals surface area contributed by atoms with Crippen LogP contribution in [0.5, 0.6) is 23.0 Å². The SMILES string of the molecule is Nc1c(Oc2ccccc2-c2ccccc2)ccc(C(=O)c2ccc(Oc3ccccc3-c3ccccc3)cc2)c1N. The van der Waals surface area contributed by atoms with E-state index >= 15 is 0 Å². The van der Waals surface area contributed by atoms with Crippen LogP contribution in [0.4, 0.5) is 11.4 Å². The molecule has 0 aromatic heterocycles. The van der Waals surface area contributed by atoms with E-state index in [1.54, 1.807) is 36.4 Å². The third kappa shape index (κ3) is 5.44. The fourth-order valence-electron chi connectivity index (χ4n) is 4.80. The first-order chi connectivity index (χ1) is 20.6. The Bertz CT molecular complexity index is 1850. The molecule has 6 aromatic carbocycles. The maximum atomic E-state index is 13.4. The molecule has 0 spiro atoms. The Labute approximate surface area is 244 Å². The van der Waals surface area contributed by atoms with E-state index < -0.39 is 0 Å². The number of rotatable bonds is 8. The van der Waals surface area contributed by atoms with Crippen molar-refractivity contribution in [2.24, 2.45) is 0 Å². The lowest BCUT2D eigenvalue weighted by Gasteiger charge is -2.16. The van der Waals surface area contributed by atoms with Crippen LogP contribution in [0.3, 0.4) is 0 Å². The van der Waals surface area contributed by atoms with Crippen molar-refractivity contribution in [1.29, 1.82) is 0 Å². The largest absolute Gasteiger partial charge is 0.457 e. The first-order valence-corrected chi connectivity index (χ1v) is 13.6. The number of ketones is 1. The van der Waals surface area contributed by atoms with Crippen LogP contribution in [-0.4, -0.2) is 5.78 Å². The van der Waals surface area contributed by atoms with Crippen molar-refractivity contribution in [3.05, 3.63) is 157 Å². The average molecular weight is 549 g/mol. The third-order valence-electron chi connectivity index (χ3n) is 7.00. The first-order valence-electron chi connectivity index (χ1n) is 13.6. The molecule has 6 rings (SSSR count). The van der Waals surface area contributed by atoms with Crippen molar-refractivity contribution in [3.63, 3.8) is 0 Å². The quantitative estimate of drug-likeness (QED) is 0.146. The molecule has 0 amide bonds. The van der Waals surface area contributed by atoms with Crippen LogP contribution < -0.4 is 20.9 Å². The second-order valence-electron chi connectivity index (χ2n) is 9.72. The summed E-state index contributed by atoms with van der Waals surface area (Å²) in [5.41, 5.74) is 17.9. The lowest BCUT2D eigenvalue weighted by molar-refractivity contribution is 0.103. The fraction of sp³-hybridized carbons (Fsp3) is 0. The van der Waals surface area contributed by atoms with E-state index in [1.165, 1.54) is 0 Å². The number of benzene rings is 6. The molecule has 0 aliphatic carbocycles.